The van der Waals surface area contributed by atoms with Gasteiger partial charge in [0.15, 0.2) is 6.04 Å². The van der Waals surface area contributed by atoms with E-state index in [-0.39, 0.29) is 0 Å². The summed E-state index contributed by atoms with van der Waals surface area (Å²) in [5, 5.41) is 27.8. The van der Waals surface area contributed by atoms with Crippen LogP contribution in [0.5, 0.6) is 0 Å². The van der Waals surface area contributed by atoms with Crippen molar-refractivity contribution >= 4 is 17.9 Å². The Morgan fingerprint density at radius 3 is 1.93 bits per heavy atom. The highest BCUT2D eigenvalue weighted by molar-refractivity contribution is 6.00. The van der Waals surface area contributed by atoms with Gasteiger partial charge in [-0.05, 0) is 12.2 Å². The molecule has 0 bridgehead atoms. The molecule has 4 N–H and O–H groups in total. The number of nitrogens with one attached hydrogen (secondary N) is 1. The second-order valence-electron chi connectivity index (χ2n) is 2.61. The van der Waals surface area contributed by atoms with E-state index in [1.165, 1.54) is 0 Å². The zero-order valence-corrected chi connectivity index (χ0v) is 7.22. The van der Waals surface area contributed by atoms with Crippen LogP contribution in [0.25, 0.3) is 0 Å². The third kappa shape index (κ3) is 2.33. The molecular weight excluding hydrogens is 206 g/mol. The van der Waals surface area contributed by atoms with Crippen molar-refractivity contribution in [3.63, 3.8) is 0 Å². The third-order valence-electron chi connectivity index (χ3n) is 1.58. The first-order chi connectivity index (χ1) is 6.91. The zero-order chi connectivity index (χ0) is 11.6. The molecule has 79 valence electrons. The first-order valence-corrected chi connectivity index (χ1v) is 3.69. The van der Waals surface area contributed by atoms with Crippen molar-refractivity contribution in [1.29, 1.82) is 0 Å². The van der Waals surface area contributed by atoms with E-state index in [1.807, 2.05) is 0 Å². The SMILES string of the molecule is O=C(O)[C]1C=C(C(=O)O)C=C(C(=O)O)N1. The van der Waals surface area contributed by atoms with Crippen molar-refractivity contribution in [2.45, 2.75) is 0 Å². The molecule has 0 spiro atoms. The average Bonchev–Trinajstić information content (AvgIpc) is 2.16. The van der Waals surface area contributed by atoms with E-state index in [0.29, 0.717) is 0 Å². The molecule has 1 heterocycles. The van der Waals surface area contributed by atoms with Crippen molar-refractivity contribution in [2.24, 2.45) is 0 Å². The van der Waals surface area contributed by atoms with Crippen LogP contribution in [-0.2, 0) is 14.4 Å². The predicted octanol–water partition coefficient (Wildman–Crippen LogP) is -0.814. The minimum Gasteiger partial charge on any atom is -0.479 e. The van der Waals surface area contributed by atoms with Gasteiger partial charge in [-0.15, -0.1) is 0 Å². The third-order valence-corrected chi connectivity index (χ3v) is 1.58. The number of dihydropyridines is 1. The molecule has 0 aromatic rings. The number of carboxylic acid groups (broad SMARTS) is 3. The summed E-state index contributed by atoms with van der Waals surface area (Å²) in [6.07, 6.45) is 1.69. The standard InChI is InChI=1S/C8H6NO6/c10-6(11)3-1-4(7(12)13)9-5(2-3)8(14)15/h1-2,9H,(H,10,11)(H,12,13)(H,14,15). The molecule has 0 saturated heterocycles. The lowest BCUT2D eigenvalue weighted by Crippen LogP contribution is -2.33. The monoisotopic (exact) mass is 212 g/mol. The van der Waals surface area contributed by atoms with Crippen molar-refractivity contribution in [1.82, 2.24) is 5.32 Å². The maximum absolute atomic E-state index is 10.6. The van der Waals surface area contributed by atoms with Crippen LogP contribution < -0.4 is 5.32 Å². The predicted molar refractivity (Wildman–Crippen MR) is 45.5 cm³/mol. The minimum atomic E-state index is -1.43. The normalized spacial score (nSPS) is 16.0. The largest absolute Gasteiger partial charge is 0.479 e. The zero-order valence-electron chi connectivity index (χ0n) is 7.22. The summed E-state index contributed by atoms with van der Waals surface area (Å²) in [4.78, 5) is 31.6. The molecule has 1 radical (unpaired) electrons. The Hall–Kier alpha value is -2.31. The molecule has 0 aromatic carbocycles. The molecule has 0 amide bonds. The first kappa shape index (κ1) is 10.8. The molecule has 0 fully saturated rings. The van der Waals surface area contributed by atoms with E-state index in [4.69, 9.17) is 15.3 Å². The summed E-state index contributed by atoms with van der Waals surface area (Å²) < 4.78 is 0. The summed E-state index contributed by atoms with van der Waals surface area (Å²) in [5.41, 5.74) is -0.893. The van der Waals surface area contributed by atoms with Crippen molar-refractivity contribution in [3.05, 3.63) is 29.5 Å². The summed E-state index contributed by atoms with van der Waals surface area (Å²) >= 11 is 0. The van der Waals surface area contributed by atoms with Gasteiger partial charge >= 0.3 is 17.9 Å². The number of carbonyl (C=O) groups is 3. The van der Waals surface area contributed by atoms with Crippen LogP contribution in [0, 0.1) is 6.04 Å². The van der Waals surface area contributed by atoms with Gasteiger partial charge in [0, 0.05) is 0 Å². The van der Waals surface area contributed by atoms with Crippen LogP contribution in [0.1, 0.15) is 0 Å². The van der Waals surface area contributed by atoms with Crippen LogP contribution in [0.2, 0.25) is 0 Å². The van der Waals surface area contributed by atoms with Gasteiger partial charge in [0.2, 0.25) is 0 Å². The van der Waals surface area contributed by atoms with Crippen LogP contribution in [-0.4, -0.2) is 33.2 Å². The Bertz CT molecular complexity index is 394. The maximum Gasteiger partial charge on any atom is 0.352 e. The number of hydrogen-bond acceptors (Lipinski definition) is 4. The Balaban J connectivity index is 3.07. The topological polar surface area (TPSA) is 124 Å². The maximum atomic E-state index is 10.6. The van der Waals surface area contributed by atoms with E-state index in [2.05, 4.69) is 5.32 Å². The average molecular weight is 212 g/mol. The van der Waals surface area contributed by atoms with E-state index in [1.54, 1.807) is 0 Å². The van der Waals surface area contributed by atoms with Gasteiger partial charge in [-0.3, -0.25) is 0 Å². The van der Waals surface area contributed by atoms with Gasteiger partial charge in [0.1, 0.15) is 5.70 Å². The van der Waals surface area contributed by atoms with Crippen LogP contribution in [0.3, 0.4) is 0 Å². The van der Waals surface area contributed by atoms with Gasteiger partial charge in [-0.25, -0.2) is 14.4 Å². The molecule has 0 saturated carbocycles. The highest BCUT2D eigenvalue weighted by atomic mass is 16.4. The Kier molecular flexibility index (Phi) is 2.75. The minimum absolute atomic E-state index is 0.399. The molecule has 0 unspecified atom stereocenters. The molecule has 1 aliphatic heterocycles. The summed E-state index contributed by atoms with van der Waals surface area (Å²) in [5.74, 6) is -4.25. The van der Waals surface area contributed by atoms with Crippen molar-refractivity contribution in [2.75, 3.05) is 0 Å². The highest BCUT2D eigenvalue weighted by Gasteiger charge is 2.26. The van der Waals surface area contributed by atoms with E-state index >= 15 is 0 Å². The molecule has 15 heavy (non-hydrogen) atoms. The molecule has 7 nitrogen and oxygen atoms in total. The lowest BCUT2D eigenvalue weighted by Gasteiger charge is -2.16. The fourth-order valence-electron chi connectivity index (χ4n) is 0.924. The second kappa shape index (κ2) is 3.82. The first-order valence-electron chi connectivity index (χ1n) is 3.69. The fourth-order valence-corrected chi connectivity index (χ4v) is 0.924. The Morgan fingerprint density at radius 1 is 0.933 bits per heavy atom. The molecule has 1 aliphatic rings. The van der Waals surface area contributed by atoms with Crippen molar-refractivity contribution in [3.8, 4) is 0 Å². The van der Waals surface area contributed by atoms with Gasteiger partial charge in [-0.2, -0.15) is 0 Å². The number of aliphatic carboxylic acids is 3. The quantitative estimate of drug-likeness (QED) is 0.482. The molecular formula is C8H6NO6. The van der Waals surface area contributed by atoms with Gasteiger partial charge in [0.25, 0.3) is 0 Å². The highest BCUT2D eigenvalue weighted by Crippen LogP contribution is 2.15. The molecule has 0 aromatic heterocycles. The molecule has 7 heteroatoms. The summed E-state index contributed by atoms with van der Waals surface area (Å²) in [6, 6.07) is -0.493. The lowest BCUT2D eigenvalue weighted by molar-refractivity contribution is -0.135. The van der Waals surface area contributed by atoms with Crippen LogP contribution in [0.4, 0.5) is 0 Å². The summed E-state index contributed by atoms with van der Waals surface area (Å²) in [6.45, 7) is 0. The molecule has 0 aliphatic carbocycles. The number of rotatable bonds is 3. The van der Waals surface area contributed by atoms with E-state index < -0.39 is 35.2 Å². The fraction of sp³-hybridized carbons (Fsp3) is 0. The van der Waals surface area contributed by atoms with Crippen LogP contribution >= 0.6 is 0 Å². The number of carboxylic acids is 3. The molecule has 1 rings (SSSR count). The number of hydrogen-bond donors (Lipinski definition) is 4. The van der Waals surface area contributed by atoms with E-state index in [0.717, 1.165) is 12.2 Å². The lowest BCUT2D eigenvalue weighted by atomic mass is 10.1. The summed E-state index contributed by atoms with van der Waals surface area (Å²) in [7, 11) is 0. The Morgan fingerprint density at radius 2 is 1.53 bits per heavy atom. The van der Waals surface area contributed by atoms with Crippen molar-refractivity contribution < 1.29 is 29.7 Å². The van der Waals surface area contributed by atoms with Gasteiger partial charge in [-0.1, -0.05) is 0 Å². The van der Waals surface area contributed by atoms with E-state index in [9.17, 15) is 14.4 Å². The smallest absolute Gasteiger partial charge is 0.352 e. The molecule has 0 atom stereocenters. The Labute approximate surface area is 83.3 Å². The van der Waals surface area contributed by atoms with Gasteiger partial charge < -0.3 is 20.6 Å². The van der Waals surface area contributed by atoms with Gasteiger partial charge in [0.05, 0.1) is 5.57 Å². The van der Waals surface area contributed by atoms with Crippen LogP contribution in [0.15, 0.2) is 23.4 Å². The second-order valence-corrected chi connectivity index (χ2v) is 2.61.